The third kappa shape index (κ3) is 5.28. The number of hydrogen-bond acceptors (Lipinski definition) is 6. The molecule has 162 valence electrons. The Kier molecular flexibility index (Phi) is 7.02. The Morgan fingerprint density at radius 2 is 1.77 bits per heavy atom. The van der Waals surface area contributed by atoms with Crippen LogP contribution in [0.3, 0.4) is 0 Å². The summed E-state index contributed by atoms with van der Waals surface area (Å²) >= 11 is 0. The van der Waals surface area contributed by atoms with Gasteiger partial charge in [0.1, 0.15) is 12.3 Å². The van der Waals surface area contributed by atoms with Gasteiger partial charge in [0.2, 0.25) is 5.91 Å². The van der Waals surface area contributed by atoms with E-state index in [9.17, 15) is 19.2 Å². The first-order valence-corrected chi connectivity index (χ1v) is 10.1. The molecule has 0 fully saturated rings. The van der Waals surface area contributed by atoms with Gasteiger partial charge < -0.3 is 14.8 Å². The molecule has 3 rings (SSSR count). The number of amides is 2. The highest BCUT2D eigenvalue weighted by molar-refractivity contribution is 6.06. The fourth-order valence-corrected chi connectivity index (χ4v) is 3.06. The number of anilines is 2. The monoisotopic (exact) mass is 424 g/mol. The Balaban J connectivity index is 1.70. The lowest BCUT2D eigenvalue weighted by molar-refractivity contribution is -0.123. The lowest BCUT2D eigenvalue weighted by Gasteiger charge is -2.29. The number of fused-ring (bicyclic) bond motifs is 1. The number of carbonyl (C=O) groups excluding carboxylic acids is 4. The second-order valence-electron chi connectivity index (χ2n) is 6.99. The Bertz CT molecular complexity index is 1000. The average Bonchev–Trinajstić information content (AvgIpc) is 2.79. The molecule has 1 N–H and O–H groups in total. The number of benzene rings is 2. The molecule has 0 unspecified atom stereocenters. The maximum atomic E-state index is 12.6. The number of nitrogens with zero attached hydrogens (tertiary/aromatic N) is 1. The molecular formula is C23H24N2O6. The molecular weight excluding hydrogens is 400 g/mol. The number of ether oxygens (including phenoxy) is 2. The Labute approximate surface area is 180 Å². The van der Waals surface area contributed by atoms with Crippen LogP contribution in [0.2, 0.25) is 0 Å². The van der Waals surface area contributed by atoms with Crippen molar-refractivity contribution >= 4 is 34.9 Å². The van der Waals surface area contributed by atoms with Gasteiger partial charge in [0.15, 0.2) is 12.4 Å². The Hall–Kier alpha value is -3.68. The fourth-order valence-electron chi connectivity index (χ4n) is 3.06. The van der Waals surface area contributed by atoms with Gasteiger partial charge in [0.25, 0.3) is 5.91 Å². The molecule has 2 aromatic carbocycles. The molecule has 0 atom stereocenters. The maximum absolute atomic E-state index is 12.6. The first-order chi connectivity index (χ1) is 14.9. The topological polar surface area (TPSA) is 102 Å². The minimum atomic E-state index is -0.423. The number of ketones is 1. The minimum Gasteiger partial charge on any atom is -0.482 e. The molecule has 8 heteroatoms. The summed E-state index contributed by atoms with van der Waals surface area (Å²) in [5.74, 6) is -0.849. The molecule has 0 bridgehead atoms. The smallest absolute Gasteiger partial charge is 0.338 e. The van der Waals surface area contributed by atoms with E-state index in [1.165, 1.54) is 4.90 Å². The van der Waals surface area contributed by atoms with Gasteiger partial charge in [-0.3, -0.25) is 19.3 Å². The summed E-state index contributed by atoms with van der Waals surface area (Å²) in [6.45, 7) is 3.59. The molecule has 0 spiro atoms. The van der Waals surface area contributed by atoms with Gasteiger partial charge in [-0.15, -0.1) is 0 Å². The lowest BCUT2D eigenvalue weighted by atomic mass is 10.1. The van der Waals surface area contributed by atoms with Crippen molar-refractivity contribution in [3.8, 4) is 5.75 Å². The van der Waals surface area contributed by atoms with Crippen molar-refractivity contribution in [3.05, 3.63) is 53.6 Å². The van der Waals surface area contributed by atoms with Crippen molar-refractivity contribution in [1.29, 1.82) is 0 Å². The molecule has 8 nitrogen and oxygen atoms in total. The van der Waals surface area contributed by atoms with E-state index in [1.807, 2.05) is 6.92 Å². The molecule has 0 saturated carbocycles. The van der Waals surface area contributed by atoms with E-state index in [0.717, 1.165) is 6.42 Å². The van der Waals surface area contributed by atoms with Crippen molar-refractivity contribution < 1.29 is 28.7 Å². The van der Waals surface area contributed by atoms with Crippen LogP contribution in [0.25, 0.3) is 0 Å². The van der Waals surface area contributed by atoms with E-state index in [2.05, 4.69) is 5.32 Å². The summed E-state index contributed by atoms with van der Waals surface area (Å²) in [7, 11) is 0. The molecule has 1 aliphatic heterocycles. The molecule has 1 aliphatic rings. The molecule has 2 aromatic rings. The number of hydrogen-bond donors (Lipinski definition) is 1. The number of carbonyl (C=O) groups is 4. The molecule has 0 aliphatic carbocycles. The zero-order chi connectivity index (χ0) is 22.4. The maximum Gasteiger partial charge on any atom is 0.338 e. The first kappa shape index (κ1) is 22.0. The third-order valence-electron chi connectivity index (χ3n) is 4.69. The SMILES string of the molecule is CCCOC(=O)c1ccc(NC(=O)CN2C(=O)COc3ccc(C(=O)CC)cc32)cc1. The number of esters is 1. The summed E-state index contributed by atoms with van der Waals surface area (Å²) in [6, 6.07) is 11.2. The van der Waals surface area contributed by atoms with Crippen LogP contribution in [0.5, 0.6) is 5.75 Å². The van der Waals surface area contributed by atoms with Gasteiger partial charge in [-0.05, 0) is 48.9 Å². The summed E-state index contributed by atoms with van der Waals surface area (Å²) in [5.41, 5.74) is 1.71. The van der Waals surface area contributed by atoms with Crippen LogP contribution in [-0.4, -0.2) is 43.3 Å². The van der Waals surface area contributed by atoms with Crippen molar-refractivity contribution in [2.45, 2.75) is 26.7 Å². The number of rotatable bonds is 8. The number of nitrogens with one attached hydrogen (secondary N) is 1. The third-order valence-corrected chi connectivity index (χ3v) is 4.69. The first-order valence-electron chi connectivity index (χ1n) is 10.1. The second-order valence-corrected chi connectivity index (χ2v) is 6.99. The van der Waals surface area contributed by atoms with Crippen LogP contribution in [0.15, 0.2) is 42.5 Å². The molecule has 0 saturated heterocycles. The van der Waals surface area contributed by atoms with Crippen LogP contribution in [0.1, 0.15) is 47.4 Å². The normalized spacial score (nSPS) is 12.6. The predicted molar refractivity (Wildman–Crippen MR) is 115 cm³/mol. The summed E-state index contributed by atoms with van der Waals surface area (Å²) < 4.78 is 10.5. The summed E-state index contributed by atoms with van der Waals surface area (Å²) in [6.07, 6.45) is 1.06. The Morgan fingerprint density at radius 1 is 1.06 bits per heavy atom. The molecule has 31 heavy (non-hydrogen) atoms. The van der Waals surface area contributed by atoms with Crippen molar-refractivity contribution in [1.82, 2.24) is 0 Å². The quantitative estimate of drug-likeness (QED) is 0.516. The average molecular weight is 424 g/mol. The van der Waals surface area contributed by atoms with E-state index in [-0.39, 0.29) is 24.8 Å². The fraction of sp³-hybridized carbons (Fsp3) is 0.304. The highest BCUT2D eigenvalue weighted by atomic mass is 16.5. The molecule has 0 aromatic heterocycles. The molecule has 1 heterocycles. The second kappa shape index (κ2) is 9.88. The predicted octanol–water partition coefficient (Wildman–Crippen LogP) is 3.21. The van der Waals surface area contributed by atoms with E-state index in [4.69, 9.17) is 9.47 Å². The van der Waals surface area contributed by atoms with Gasteiger partial charge in [0, 0.05) is 17.7 Å². The van der Waals surface area contributed by atoms with Crippen LogP contribution >= 0.6 is 0 Å². The van der Waals surface area contributed by atoms with Crippen molar-refractivity contribution in [2.24, 2.45) is 0 Å². The van der Waals surface area contributed by atoms with E-state index >= 15 is 0 Å². The van der Waals surface area contributed by atoms with Crippen LogP contribution in [0, 0.1) is 0 Å². The highest BCUT2D eigenvalue weighted by Gasteiger charge is 2.28. The zero-order valence-corrected chi connectivity index (χ0v) is 17.5. The van der Waals surface area contributed by atoms with E-state index in [0.29, 0.717) is 41.3 Å². The van der Waals surface area contributed by atoms with Gasteiger partial charge in [-0.2, -0.15) is 0 Å². The zero-order valence-electron chi connectivity index (χ0n) is 17.5. The highest BCUT2D eigenvalue weighted by Crippen LogP contribution is 2.33. The molecule has 0 radical (unpaired) electrons. The standard InChI is InChI=1S/C23H24N2O6/c1-3-11-30-23(29)15-5-8-17(9-6-15)24-21(27)13-25-18-12-16(19(26)4-2)7-10-20(18)31-14-22(25)28/h5-10,12H,3-4,11,13-14H2,1-2H3,(H,24,27). The van der Waals surface area contributed by atoms with Crippen molar-refractivity contribution in [2.75, 3.05) is 30.0 Å². The summed E-state index contributed by atoms with van der Waals surface area (Å²) in [4.78, 5) is 50.1. The van der Waals surface area contributed by atoms with Crippen molar-refractivity contribution in [3.63, 3.8) is 0 Å². The van der Waals surface area contributed by atoms with Crippen LogP contribution in [0.4, 0.5) is 11.4 Å². The summed E-state index contributed by atoms with van der Waals surface area (Å²) in [5, 5.41) is 2.71. The molecule has 2 amide bonds. The van der Waals surface area contributed by atoms with Gasteiger partial charge in [0.05, 0.1) is 17.9 Å². The van der Waals surface area contributed by atoms with Gasteiger partial charge in [-0.25, -0.2) is 4.79 Å². The van der Waals surface area contributed by atoms with E-state index < -0.39 is 11.9 Å². The van der Waals surface area contributed by atoms with Crippen LogP contribution in [-0.2, 0) is 14.3 Å². The minimum absolute atomic E-state index is 0.0669. The van der Waals surface area contributed by atoms with E-state index in [1.54, 1.807) is 49.4 Å². The van der Waals surface area contributed by atoms with Gasteiger partial charge >= 0.3 is 5.97 Å². The van der Waals surface area contributed by atoms with Gasteiger partial charge in [-0.1, -0.05) is 13.8 Å². The van der Waals surface area contributed by atoms with Crippen LogP contribution < -0.4 is 15.0 Å². The number of Topliss-reactive ketones (excluding diaryl/α,β-unsaturated/α-hetero) is 1. The largest absolute Gasteiger partial charge is 0.482 e. The lowest BCUT2D eigenvalue weighted by Crippen LogP contribution is -2.43. The Morgan fingerprint density at radius 3 is 2.45 bits per heavy atom.